The summed E-state index contributed by atoms with van der Waals surface area (Å²) in [6, 6.07) is 12.5. The molecule has 124 valence electrons. The number of halogens is 1. The van der Waals surface area contributed by atoms with E-state index >= 15 is 0 Å². The summed E-state index contributed by atoms with van der Waals surface area (Å²) in [4.78, 5) is 16.9. The quantitative estimate of drug-likeness (QED) is 0.667. The molecule has 0 radical (unpaired) electrons. The molecule has 0 saturated heterocycles. The van der Waals surface area contributed by atoms with Gasteiger partial charge in [0.2, 0.25) is 0 Å². The van der Waals surface area contributed by atoms with Crippen LogP contribution in [-0.2, 0) is 4.74 Å². The number of fused-ring (bicyclic) bond motifs is 1. The van der Waals surface area contributed by atoms with Crippen molar-refractivity contribution in [1.29, 1.82) is 0 Å². The first-order chi connectivity index (χ1) is 11.7. The number of carbonyl (C=O) groups is 1. The molecule has 24 heavy (non-hydrogen) atoms. The molecule has 0 aliphatic carbocycles. The third-order valence-electron chi connectivity index (χ3n) is 3.25. The summed E-state index contributed by atoms with van der Waals surface area (Å²) in [5, 5.41) is 3.97. The first-order valence-corrected chi connectivity index (χ1v) is 8.45. The molecule has 1 N–H and O–H groups in total. The van der Waals surface area contributed by atoms with Gasteiger partial charge in [0.25, 0.3) is 5.91 Å². The molecule has 0 aliphatic heterocycles. The molecule has 0 aliphatic rings. The maximum atomic E-state index is 12.5. The predicted octanol–water partition coefficient (Wildman–Crippen LogP) is 4.23. The summed E-state index contributed by atoms with van der Waals surface area (Å²) < 4.78 is 11.5. The van der Waals surface area contributed by atoms with E-state index in [1.807, 2.05) is 18.2 Å². The van der Waals surface area contributed by atoms with Crippen LogP contribution in [0.4, 0.5) is 5.13 Å². The van der Waals surface area contributed by atoms with E-state index < -0.39 is 0 Å². The number of rotatable bonds is 6. The van der Waals surface area contributed by atoms with E-state index in [4.69, 9.17) is 21.1 Å². The van der Waals surface area contributed by atoms with Gasteiger partial charge in [0.15, 0.2) is 5.13 Å². The molecule has 0 bridgehead atoms. The fourth-order valence-electron chi connectivity index (χ4n) is 2.13. The lowest BCUT2D eigenvalue weighted by Gasteiger charge is -2.10. The van der Waals surface area contributed by atoms with Gasteiger partial charge < -0.3 is 9.47 Å². The van der Waals surface area contributed by atoms with Crippen molar-refractivity contribution in [2.45, 2.75) is 0 Å². The number of aromatic nitrogens is 1. The van der Waals surface area contributed by atoms with Crippen LogP contribution in [0.15, 0.2) is 42.5 Å². The summed E-state index contributed by atoms with van der Waals surface area (Å²) >= 11 is 7.35. The summed E-state index contributed by atoms with van der Waals surface area (Å²) in [6.45, 7) is 0.828. The van der Waals surface area contributed by atoms with Gasteiger partial charge in [0, 0.05) is 12.1 Å². The third kappa shape index (κ3) is 3.84. The molecule has 7 heteroatoms. The van der Waals surface area contributed by atoms with Crippen molar-refractivity contribution in [3.63, 3.8) is 0 Å². The molecule has 0 unspecified atom stereocenters. The van der Waals surface area contributed by atoms with E-state index in [1.54, 1.807) is 31.4 Å². The van der Waals surface area contributed by atoms with Crippen LogP contribution >= 0.6 is 22.9 Å². The highest BCUT2D eigenvalue weighted by atomic mass is 35.5. The average Bonchev–Trinajstić information content (AvgIpc) is 2.96. The van der Waals surface area contributed by atoms with Crippen molar-refractivity contribution in [2.75, 3.05) is 25.6 Å². The van der Waals surface area contributed by atoms with Gasteiger partial charge in [0.05, 0.1) is 22.4 Å². The second kappa shape index (κ2) is 7.61. The van der Waals surface area contributed by atoms with Gasteiger partial charge in [-0.15, -0.1) is 0 Å². The molecule has 0 spiro atoms. The lowest BCUT2D eigenvalue weighted by Crippen LogP contribution is -2.14. The number of amides is 1. The molecule has 0 saturated carbocycles. The van der Waals surface area contributed by atoms with Gasteiger partial charge in [0.1, 0.15) is 12.4 Å². The average molecular weight is 363 g/mol. The number of nitrogens with one attached hydrogen (secondary N) is 1. The Balaban J connectivity index is 1.78. The predicted molar refractivity (Wildman–Crippen MR) is 96.4 cm³/mol. The standard InChI is InChI=1S/C17H15ClN2O3S/c1-22-8-9-23-14-5-3-2-4-12(14)16(21)20-17-19-13-7-6-11(18)10-15(13)24-17/h2-7,10H,8-9H2,1H3,(H,19,20,21). The number of nitrogens with zero attached hydrogens (tertiary/aromatic N) is 1. The number of para-hydroxylation sites is 1. The first kappa shape index (κ1) is 16.7. The van der Waals surface area contributed by atoms with E-state index in [-0.39, 0.29) is 5.91 Å². The molecule has 0 atom stereocenters. The topological polar surface area (TPSA) is 60.5 Å². The molecule has 3 aromatic rings. The maximum absolute atomic E-state index is 12.5. The molecular weight excluding hydrogens is 348 g/mol. The van der Waals surface area contributed by atoms with Crippen molar-refractivity contribution in [2.24, 2.45) is 0 Å². The van der Waals surface area contributed by atoms with Gasteiger partial charge in [-0.05, 0) is 30.3 Å². The van der Waals surface area contributed by atoms with Crippen LogP contribution in [0, 0.1) is 0 Å². The fraction of sp³-hybridized carbons (Fsp3) is 0.176. The van der Waals surface area contributed by atoms with Crippen molar-refractivity contribution in [3.8, 4) is 5.75 Å². The van der Waals surface area contributed by atoms with Crippen LogP contribution in [0.5, 0.6) is 5.75 Å². The Hall–Kier alpha value is -2.15. The summed E-state index contributed by atoms with van der Waals surface area (Å²) in [6.07, 6.45) is 0. The minimum atomic E-state index is -0.270. The largest absolute Gasteiger partial charge is 0.490 e. The smallest absolute Gasteiger partial charge is 0.261 e. The number of hydrogen-bond donors (Lipinski definition) is 1. The number of methoxy groups -OCH3 is 1. The Kier molecular flexibility index (Phi) is 5.30. The Morgan fingerprint density at radius 1 is 1.25 bits per heavy atom. The van der Waals surface area contributed by atoms with Crippen molar-refractivity contribution >= 4 is 44.2 Å². The number of thiazole rings is 1. The highest BCUT2D eigenvalue weighted by Gasteiger charge is 2.14. The highest BCUT2D eigenvalue weighted by molar-refractivity contribution is 7.22. The second-order valence-corrected chi connectivity index (χ2v) is 6.39. The van der Waals surface area contributed by atoms with Crippen LogP contribution in [0.3, 0.4) is 0 Å². The number of ether oxygens (including phenoxy) is 2. The van der Waals surface area contributed by atoms with Crippen LogP contribution in [0.1, 0.15) is 10.4 Å². The number of benzene rings is 2. The summed E-state index contributed by atoms with van der Waals surface area (Å²) in [5.41, 5.74) is 1.25. The maximum Gasteiger partial charge on any atom is 0.261 e. The Bertz CT molecular complexity index is 866. The molecule has 2 aromatic carbocycles. The van der Waals surface area contributed by atoms with E-state index in [2.05, 4.69) is 10.3 Å². The van der Waals surface area contributed by atoms with Crippen LogP contribution in [0.2, 0.25) is 5.02 Å². The first-order valence-electron chi connectivity index (χ1n) is 7.25. The summed E-state index contributed by atoms with van der Waals surface area (Å²) in [7, 11) is 1.60. The van der Waals surface area contributed by atoms with E-state index in [0.29, 0.717) is 34.7 Å². The SMILES string of the molecule is COCCOc1ccccc1C(=O)Nc1nc2ccc(Cl)cc2s1. The molecule has 5 nitrogen and oxygen atoms in total. The molecule has 1 aromatic heterocycles. The molecule has 1 heterocycles. The second-order valence-electron chi connectivity index (χ2n) is 4.92. The molecule has 3 rings (SSSR count). The molecular formula is C17H15ClN2O3S. The normalized spacial score (nSPS) is 10.8. The lowest BCUT2D eigenvalue weighted by atomic mass is 10.2. The van der Waals surface area contributed by atoms with Crippen molar-refractivity contribution in [1.82, 2.24) is 4.98 Å². The van der Waals surface area contributed by atoms with Crippen molar-refractivity contribution < 1.29 is 14.3 Å². The minimum Gasteiger partial charge on any atom is -0.490 e. The molecule has 0 fully saturated rings. The monoisotopic (exact) mass is 362 g/mol. The molecule has 1 amide bonds. The minimum absolute atomic E-state index is 0.270. The zero-order chi connectivity index (χ0) is 16.9. The van der Waals surface area contributed by atoms with Gasteiger partial charge in [-0.25, -0.2) is 4.98 Å². The zero-order valence-corrected chi connectivity index (χ0v) is 14.5. The van der Waals surface area contributed by atoms with Crippen LogP contribution in [0.25, 0.3) is 10.2 Å². The van der Waals surface area contributed by atoms with Crippen molar-refractivity contribution in [3.05, 3.63) is 53.1 Å². The fourth-order valence-corrected chi connectivity index (χ4v) is 3.27. The van der Waals surface area contributed by atoms with Gasteiger partial charge in [-0.2, -0.15) is 0 Å². The number of carbonyl (C=O) groups excluding carboxylic acids is 1. The van der Waals surface area contributed by atoms with Crippen LogP contribution < -0.4 is 10.1 Å². The van der Waals surface area contributed by atoms with Crippen LogP contribution in [-0.4, -0.2) is 31.2 Å². The third-order valence-corrected chi connectivity index (χ3v) is 4.42. The number of anilines is 1. The Labute approximate surface area is 148 Å². The Morgan fingerprint density at radius 3 is 2.92 bits per heavy atom. The highest BCUT2D eigenvalue weighted by Crippen LogP contribution is 2.29. The van der Waals surface area contributed by atoms with E-state index in [9.17, 15) is 4.79 Å². The zero-order valence-electron chi connectivity index (χ0n) is 12.9. The lowest BCUT2D eigenvalue weighted by molar-refractivity contribution is 0.101. The van der Waals surface area contributed by atoms with E-state index in [0.717, 1.165) is 10.2 Å². The van der Waals surface area contributed by atoms with Gasteiger partial charge >= 0.3 is 0 Å². The Morgan fingerprint density at radius 2 is 2.08 bits per heavy atom. The number of hydrogen-bond acceptors (Lipinski definition) is 5. The summed E-state index contributed by atoms with van der Waals surface area (Å²) in [5.74, 6) is 0.240. The van der Waals surface area contributed by atoms with Gasteiger partial charge in [-0.1, -0.05) is 35.1 Å². The van der Waals surface area contributed by atoms with E-state index in [1.165, 1.54) is 11.3 Å². The van der Waals surface area contributed by atoms with Gasteiger partial charge in [-0.3, -0.25) is 10.1 Å².